The monoisotopic (exact) mass is 528 g/mol. The van der Waals surface area contributed by atoms with Gasteiger partial charge in [-0.2, -0.15) is 18.4 Å². The fourth-order valence-electron chi connectivity index (χ4n) is 4.78. The number of piperidine rings is 1. The number of allylic oxidation sites excluding steroid dienone is 2. The van der Waals surface area contributed by atoms with E-state index >= 15 is 0 Å². The van der Waals surface area contributed by atoms with Crippen LogP contribution in [-0.4, -0.2) is 58.4 Å². The lowest BCUT2D eigenvalue weighted by Crippen LogP contribution is -2.46. The van der Waals surface area contributed by atoms with E-state index in [1.807, 2.05) is 18.2 Å². The van der Waals surface area contributed by atoms with Crippen LogP contribution in [0.4, 0.5) is 18.9 Å². The minimum absolute atomic E-state index is 0.0395. The summed E-state index contributed by atoms with van der Waals surface area (Å²) in [5.74, 6) is -2.97. The number of anilines is 1. The molecule has 4 rings (SSSR count). The molecule has 3 N–H and O–H groups in total. The first-order chi connectivity index (χ1) is 18.2. The van der Waals surface area contributed by atoms with E-state index in [-0.39, 0.29) is 17.4 Å². The van der Waals surface area contributed by atoms with Crippen LogP contribution in [0.5, 0.6) is 0 Å². The van der Waals surface area contributed by atoms with Gasteiger partial charge in [0.2, 0.25) is 5.91 Å². The zero-order chi connectivity index (χ0) is 27.3. The number of rotatable bonds is 6. The number of hydrogen-bond donors (Lipinski definition) is 3. The first kappa shape index (κ1) is 26.9. The summed E-state index contributed by atoms with van der Waals surface area (Å²) < 4.78 is 37.1. The maximum Gasteiger partial charge on any atom is 0.471 e. The number of nitriles is 1. The van der Waals surface area contributed by atoms with Crippen LogP contribution in [0, 0.1) is 11.3 Å². The van der Waals surface area contributed by atoms with Crippen molar-refractivity contribution in [1.29, 1.82) is 5.26 Å². The van der Waals surface area contributed by atoms with E-state index in [0.717, 1.165) is 42.4 Å². The molecule has 0 spiro atoms. The van der Waals surface area contributed by atoms with E-state index in [4.69, 9.17) is 5.26 Å². The Hall–Kier alpha value is -4.14. The number of carbonyl (C=O) groups is 3. The Morgan fingerprint density at radius 3 is 2.58 bits per heavy atom. The number of benzene rings is 1. The van der Waals surface area contributed by atoms with Gasteiger partial charge in [-0.25, -0.2) is 4.98 Å². The molecule has 12 heteroatoms. The van der Waals surface area contributed by atoms with Crippen molar-refractivity contribution in [3.05, 3.63) is 53.1 Å². The molecule has 0 unspecified atom stereocenters. The van der Waals surface area contributed by atoms with E-state index in [9.17, 15) is 27.6 Å². The van der Waals surface area contributed by atoms with Crippen molar-refractivity contribution in [1.82, 2.24) is 20.2 Å². The molecule has 38 heavy (non-hydrogen) atoms. The molecular weight excluding hydrogens is 501 g/mol. The highest BCUT2D eigenvalue weighted by atomic mass is 19.4. The number of aromatic amines is 1. The number of amides is 3. The van der Waals surface area contributed by atoms with Gasteiger partial charge in [-0.1, -0.05) is 12.1 Å². The van der Waals surface area contributed by atoms with Crippen molar-refractivity contribution in [3.63, 3.8) is 0 Å². The quantitative estimate of drug-likeness (QED) is 0.524. The summed E-state index contributed by atoms with van der Waals surface area (Å²) in [6, 6.07) is 7.73. The van der Waals surface area contributed by atoms with Crippen molar-refractivity contribution in [2.24, 2.45) is 0 Å². The zero-order valence-electron chi connectivity index (χ0n) is 20.5. The summed E-state index contributed by atoms with van der Waals surface area (Å²) in [4.78, 5) is 44.1. The van der Waals surface area contributed by atoms with Gasteiger partial charge >= 0.3 is 12.1 Å². The van der Waals surface area contributed by atoms with Crippen molar-refractivity contribution < 1.29 is 27.6 Å². The summed E-state index contributed by atoms with van der Waals surface area (Å²) in [7, 11) is 0. The van der Waals surface area contributed by atoms with Gasteiger partial charge in [0.1, 0.15) is 11.8 Å². The number of alkyl halides is 3. The smallest absolute Gasteiger partial charge is 0.341 e. The third-order valence-electron chi connectivity index (χ3n) is 6.82. The summed E-state index contributed by atoms with van der Waals surface area (Å²) in [6.45, 7) is 0.0322. The summed E-state index contributed by atoms with van der Waals surface area (Å²) >= 11 is 0. The molecule has 1 saturated heterocycles. The van der Waals surface area contributed by atoms with Crippen LogP contribution in [-0.2, 0) is 9.59 Å². The van der Waals surface area contributed by atoms with Crippen LogP contribution in [0.15, 0.2) is 30.5 Å². The van der Waals surface area contributed by atoms with Crippen molar-refractivity contribution in [2.45, 2.75) is 50.6 Å². The van der Waals surface area contributed by atoms with Crippen molar-refractivity contribution in [3.8, 4) is 6.07 Å². The molecule has 0 radical (unpaired) electrons. The summed E-state index contributed by atoms with van der Waals surface area (Å²) in [5.41, 5.74) is 3.92. The molecule has 0 bridgehead atoms. The maximum absolute atomic E-state index is 12.8. The second-order valence-electron chi connectivity index (χ2n) is 9.33. The third-order valence-corrected chi connectivity index (χ3v) is 6.82. The number of H-pyrrole nitrogens is 1. The van der Waals surface area contributed by atoms with E-state index in [1.54, 1.807) is 5.32 Å². The highest BCUT2D eigenvalue weighted by Crippen LogP contribution is 2.36. The average molecular weight is 529 g/mol. The number of likely N-dealkylation sites (tertiary alicyclic amines) is 1. The maximum atomic E-state index is 12.8. The fraction of sp³-hybridized carbons (Fsp3) is 0.423. The number of nitrogens with one attached hydrogen (secondary N) is 3. The lowest BCUT2D eigenvalue weighted by molar-refractivity contribution is -0.174. The van der Waals surface area contributed by atoms with E-state index in [0.29, 0.717) is 31.6 Å². The van der Waals surface area contributed by atoms with Gasteiger partial charge in [-0.3, -0.25) is 14.4 Å². The van der Waals surface area contributed by atoms with Crippen molar-refractivity contribution >= 4 is 29.0 Å². The van der Waals surface area contributed by atoms with Gasteiger partial charge in [0, 0.05) is 24.3 Å². The molecule has 1 aromatic carbocycles. The standard InChI is InChI=1S/C26H27F3N6O3/c27-26(28,29)25(38)32-15-22(36)35-10-8-16(9-11-35)18-6-7-21(20(12-18)17-4-2-1-3-5-17)34-24(37)23-31-14-19(13-30)33-23/h4,6-7,12,14,16H,1-3,5,8-11,15H2,(H,31,33)(H,32,38)(H,34,37). The first-order valence-corrected chi connectivity index (χ1v) is 12.4. The predicted octanol–water partition coefficient (Wildman–Crippen LogP) is 3.88. The Kier molecular flexibility index (Phi) is 8.14. The molecule has 9 nitrogen and oxygen atoms in total. The van der Waals surface area contributed by atoms with Crippen LogP contribution in [0.1, 0.15) is 71.9 Å². The van der Waals surface area contributed by atoms with E-state index in [2.05, 4.69) is 27.4 Å². The minimum atomic E-state index is -5.03. The predicted molar refractivity (Wildman–Crippen MR) is 132 cm³/mol. The lowest BCUT2D eigenvalue weighted by Gasteiger charge is -2.33. The van der Waals surface area contributed by atoms with E-state index in [1.165, 1.54) is 11.1 Å². The molecule has 0 atom stereocenters. The second kappa shape index (κ2) is 11.5. The molecule has 200 valence electrons. The minimum Gasteiger partial charge on any atom is -0.341 e. The van der Waals surface area contributed by atoms with Gasteiger partial charge in [0.25, 0.3) is 5.91 Å². The second-order valence-corrected chi connectivity index (χ2v) is 9.33. The number of halogens is 3. The van der Waals surface area contributed by atoms with Crippen LogP contribution in [0.3, 0.4) is 0 Å². The Bertz CT molecular complexity index is 1290. The fourth-order valence-corrected chi connectivity index (χ4v) is 4.78. The van der Waals surface area contributed by atoms with Gasteiger partial charge in [-0.15, -0.1) is 0 Å². The van der Waals surface area contributed by atoms with Crippen LogP contribution in [0.2, 0.25) is 0 Å². The molecule has 1 aromatic heterocycles. The SMILES string of the molecule is N#Cc1cnc(C(=O)Nc2ccc(C3CCN(C(=O)CNC(=O)C(F)(F)F)CC3)cc2C2=CCCCC2)[nH]1. The highest BCUT2D eigenvalue weighted by molar-refractivity contribution is 6.03. The Balaban J connectivity index is 1.45. The Labute approximate surface area is 217 Å². The van der Waals surface area contributed by atoms with Gasteiger partial charge in [0.15, 0.2) is 5.82 Å². The van der Waals surface area contributed by atoms with Gasteiger partial charge < -0.3 is 20.5 Å². The largest absolute Gasteiger partial charge is 0.471 e. The summed E-state index contributed by atoms with van der Waals surface area (Å²) in [5, 5.41) is 13.5. The Morgan fingerprint density at radius 2 is 1.95 bits per heavy atom. The number of aromatic nitrogens is 2. The number of nitrogens with zero attached hydrogens (tertiary/aromatic N) is 3. The number of imidazole rings is 1. The van der Waals surface area contributed by atoms with Crippen LogP contribution in [0.25, 0.3) is 5.57 Å². The zero-order valence-corrected chi connectivity index (χ0v) is 20.5. The van der Waals surface area contributed by atoms with Gasteiger partial charge in [0.05, 0.1) is 12.7 Å². The van der Waals surface area contributed by atoms with E-state index < -0.39 is 30.4 Å². The molecular formula is C26H27F3N6O3. The molecule has 2 heterocycles. The van der Waals surface area contributed by atoms with Crippen LogP contribution < -0.4 is 10.6 Å². The molecule has 3 amide bonds. The molecule has 0 saturated carbocycles. The highest BCUT2D eigenvalue weighted by Gasteiger charge is 2.39. The summed E-state index contributed by atoms with van der Waals surface area (Å²) in [6.07, 6.45) is 3.65. The first-order valence-electron chi connectivity index (χ1n) is 12.4. The lowest BCUT2D eigenvalue weighted by atomic mass is 9.85. The number of carbonyl (C=O) groups excluding carboxylic acids is 3. The number of hydrogen-bond acceptors (Lipinski definition) is 5. The topological polar surface area (TPSA) is 131 Å². The average Bonchev–Trinajstić information content (AvgIpc) is 3.41. The van der Waals surface area contributed by atoms with Crippen molar-refractivity contribution in [2.75, 3.05) is 25.0 Å². The molecule has 2 aromatic rings. The third kappa shape index (κ3) is 6.40. The molecule has 1 fully saturated rings. The molecule has 1 aliphatic carbocycles. The Morgan fingerprint density at radius 1 is 1.18 bits per heavy atom. The molecule has 1 aliphatic heterocycles. The molecule has 2 aliphatic rings. The normalized spacial score (nSPS) is 16.4. The van der Waals surface area contributed by atoms with Gasteiger partial charge in [-0.05, 0) is 67.7 Å². The van der Waals surface area contributed by atoms with Crippen LogP contribution >= 0.6 is 0 Å².